The Hall–Kier alpha value is -2.52. The number of rotatable bonds is 7. The van der Waals surface area contributed by atoms with Gasteiger partial charge in [0, 0.05) is 30.4 Å². The van der Waals surface area contributed by atoms with E-state index in [0.717, 1.165) is 12.1 Å². The lowest BCUT2D eigenvalue weighted by Crippen LogP contribution is -2.31. The fraction of sp³-hybridized carbons (Fsp3) is 0.278. The first-order valence-corrected chi connectivity index (χ1v) is 9.62. The number of carbonyl (C=O) groups excluding carboxylic acids is 1. The molecule has 0 unspecified atom stereocenters. The van der Waals surface area contributed by atoms with Crippen molar-refractivity contribution in [3.05, 3.63) is 53.6 Å². The zero-order chi connectivity index (χ0) is 20.2. The van der Waals surface area contributed by atoms with Gasteiger partial charge in [-0.2, -0.15) is 4.31 Å². The van der Waals surface area contributed by atoms with E-state index in [0.29, 0.717) is 6.07 Å². The molecule has 1 amide bonds. The average molecular weight is 398 g/mol. The van der Waals surface area contributed by atoms with E-state index >= 15 is 0 Å². The maximum atomic E-state index is 13.3. The van der Waals surface area contributed by atoms with Crippen LogP contribution in [0.1, 0.15) is 24.2 Å². The molecule has 0 fully saturated rings. The lowest BCUT2D eigenvalue weighted by molar-refractivity contribution is 0.102. The van der Waals surface area contributed by atoms with Crippen molar-refractivity contribution in [2.24, 2.45) is 0 Å². The number of nitrogens with zero attached hydrogens (tertiary/aromatic N) is 1. The van der Waals surface area contributed by atoms with Gasteiger partial charge in [-0.15, -0.1) is 0 Å². The van der Waals surface area contributed by atoms with Crippen LogP contribution in [0.15, 0.2) is 41.3 Å². The highest BCUT2D eigenvalue weighted by molar-refractivity contribution is 7.89. The summed E-state index contributed by atoms with van der Waals surface area (Å²) in [5.74, 6) is -2.30. The van der Waals surface area contributed by atoms with Crippen molar-refractivity contribution in [1.29, 1.82) is 0 Å². The van der Waals surface area contributed by atoms with E-state index in [1.165, 1.54) is 29.6 Å². The quantitative estimate of drug-likeness (QED) is 0.777. The second kappa shape index (κ2) is 8.45. The molecular formula is C18H20F2N2O4S. The van der Waals surface area contributed by atoms with Crippen molar-refractivity contribution in [2.75, 3.05) is 25.5 Å². The second-order valence-corrected chi connectivity index (χ2v) is 7.47. The predicted molar refractivity (Wildman–Crippen MR) is 97.4 cm³/mol. The maximum absolute atomic E-state index is 13.3. The van der Waals surface area contributed by atoms with Crippen LogP contribution in [0.4, 0.5) is 14.5 Å². The number of carbonyl (C=O) groups is 1. The normalized spacial score (nSPS) is 11.5. The van der Waals surface area contributed by atoms with Crippen LogP contribution in [0.5, 0.6) is 5.75 Å². The molecule has 2 rings (SSSR count). The maximum Gasteiger partial charge on any atom is 0.255 e. The van der Waals surface area contributed by atoms with Crippen LogP contribution < -0.4 is 10.1 Å². The molecule has 9 heteroatoms. The number of anilines is 1. The molecule has 0 aliphatic rings. The van der Waals surface area contributed by atoms with Crippen LogP contribution >= 0.6 is 0 Å². The van der Waals surface area contributed by atoms with Crippen molar-refractivity contribution in [3.8, 4) is 5.75 Å². The number of amides is 1. The highest BCUT2D eigenvalue weighted by atomic mass is 32.2. The Kier molecular flexibility index (Phi) is 6.50. The summed E-state index contributed by atoms with van der Waals surface area (Å²) in [6.07, 6.45) is 0. The third kappa shape index (κ3) is 4.61. The van der Waals surface area contributed by atoms with Gasteiger partial charge in [-0.1, -0.05) is 13.8 Å². The molecule has 0 saturated carbocycles. The van der Waals surface area contributed by atoms with Crippen LogP contribution in [-0.2, 0) is 10.0 Å². The Labute approximate surface area is 156 Å². The monoisotopic (exact) mass is 398 g/mol. The summed E-state index contributed by atoms with van der Waals surface area (Å²) in [5.41, 5.74) is -0.0762. The number of benzene rings is 2. The van der Waals surface area contributed by atoms with Gasteiger partial charge in [-0.3, -0.25) is 4.79 Å². The number of sulfonamides is 1. The lowest BCUT2D eigenvalue weighted by Gasteiger charge is -2.20. The van der Waals surface area contributed by atoms with E-state index in [4.69, 9.17) is 4.74 Å². The summed E-state index contributed by atoms with van der Waals surface area (Å²) in [7, 11) is -2.55. The predicted octanol–water partition coefficient (Wildman–Crippen LogP) is 3.26. The highest BCUT2D eigenvalue weighted by Gasteiger charge is 2.26. The first-order chi connectivity index (χ1) is 12.7. The van der Waals surface area contributed by atoms with Crippen LogP contribution in [0, 0.1) is 11.6 Å². The zero-order valence-electron chi connectivity index (χ0n) is 15.1. The Morgan fingerprint density at radius 2 is 1.67 bits per heavy atom. The molecule has 0 aromatic heterocycles. The number of ether oxygens (including phenoxy) is 1. The largest absolute Gasteiger partial charge is 0.495 e. The van der Waals surface area contributed by atoms with Gasteiger partial charge in [0.05, 0.1) is 7.11 Å². The molecule has 0 saturated heterocycles. The molecule has 0 heterocycles. The Morgan fingerprint density at radius 1 is 1.07 bits per heavy atom. The fourth-order valence-corrected chi connectivity index (χ4v) is 4.19. The van der Waals surface area contributed by atoms with Gasteiger partial charge >= 0.3 is 0 Å². The number of hydrogen-bond acceptors (Lipinski definition) is 4. The van der Waals surface area contributed by atoms with E-state index in [1.807, 2.05) is 0 Å². The van der Waals surface area contributed by atoms with E-state index in [1.54, 1.807) is 13.8 Å². The van der Waals surface area contributed by atoms with Gasteiger partial charge < -0.3 is 10.1 Å². The molecule has 0 spiro atoms. The number of methoxy groups -OCH3 is 1. The minimum absolute atomic E-state index is 0.00574. The van der Waals surface area contributed by atoms with Crippen molar-refractivity contribution in [2.45, 2.75) is 18.7 Å². The van der Waals surface area contributed by atoms with Crippen molar-refractivity contribution in [1.82, 2.24) is 4.31 Å². The zero-order valence-corrected chi connectivity index (χ0v) is 15.9. The highest BCUT2D eigenvalue weighted by Crippen LogP contribution is 2.28. The van der Waals surface area contributed by atoms with Crippen LogP contribution in [0.25, 0.3) is 0 Å². The fourth-order valence-electron chi connectivity index (χ4n) is 2.55. The summed E-state index contributed by atoms with van der Waals surface area (Å²) in [6, 6.07) is 6.49. The summed E-state index contributed by atoms with van der Waals surface area (Å²) in [5, 5.41) is 2.35. The minimum Gasteiger partial charge on any atom is -0.495 e. The molecule has 0 aliphatic heterocycles. The standard InChI is InChI=1S/C18H20F2N2O4S/c1-4-22(5-2)27(24,25)17-8-12(6-7-16(17)26-3)18(23)21-15-10-13(19)9-14(20)11-15/h6-11H,4-5H2,1-3H3,(H,21,23). The second-order valence-electron chi connectivity index (χ2n) is 5.57. The molecule has 2 aromatic rings. The summed E-state index contributed by atoms with van der Waals surface area (Å²) in [4.78, 5) is 12.3. The topological polar surface area (TPSA) is 75.7 Å². The minimum atomic E-state index is -3.88. The number of hydrogen-bond donors (Lipinski definition) is 1. The third-order valence-electron chi connectivity index (χ3n) is 3.87. The van der Waals surface area contributed by atoms with Crippen molar-refractivity contribution < 1.29 is 26.7 Å². The molecule has 1 N–H and O–H groups in total. The first kappa shape index (κ1) is 20.8. The van der Waals surface area contributed by atoms with Gasteiger partial charge in [-0.25, -0.2) is 17.2 Å². The first-order valence-electron chi connectivity index (χ1n) is 8.18. The van der Waals surface area contributed by atoms with Crippen molar-refractivity contribution in [3.63, 3.8) is 0 Å². The van der Waals surface area contributed by atoms with Crippen LogP contribution in [-0.4, -0.2) is 38.8 Å². The van der Waals surface area contributed by atoms with Gasteiger partial charge in [0.1, 0.15) is 22.3 Å². The molecular weight excluding hydrogens is 378 g/mol. The molecule has 0 radical (unpaired) electrons. The lowest BCUT2D eigenvalue weighted by atomic mass is 10.2. The molecule has 2 aromatic carbocycles. The molecule has 27 heavy (non-hydrogen) atoms. The summed E-state index contributed by atoms with van der Waals surface area (Å²) >= 11 is 0. The third-order valence-corrected chi connectivity index (χ3v) is 5.94. The molecule has 6 nitrogen and oxygen atoms in total. The average Bonchev–Trinajstić information content (AvgIpc) is 2.61. The van der Waals surface area contributed by atoms with Gasteiger partial charge in [0.15, 0.2) is 0 Å². The van der Waals surface area contributed by atoms with E-state index in [2.05, 4.69) is 5.32 Å². The molecule has 0 aliphatic carbocycles. The summed E-state index contributed by atoms with van der Waals surface area (Å²) in [6.45, 7) is 3.90. The molecule has 0 atom stereocenters. The van der Waals surface area contributed by atoms with E-state index < -0.39 is 27.6 Å². The number of nitrogens with one attached hydrogen (secondary N) is 1. The van der Waals surface area contributed by atoms with Gasteiger partial charge in [-0.05, 0) is 30.3 Å². The van der Waals surface area contributed by atoms with Gasteiger partial charge in [0.25, 0.3) is 5.91 Å². The Bertz CT molecular complexity index is 924. The van der Waals surface area contributed by atoms with Crippen LogP contribution in [0.2, 0.25) is 0 Å². The molecule has 0 bridgehead atoms. The SMILES string of the molecule is CCN(CC)S(=O)(=O)c1cc(C(=O)Nc2cc(F)cc(F)c2)ccc1OC. The van der Waals surface area contributed by atoms with Crippen LogP contribution in [0.3, 0.4) is 0 Å². The van der Waals surface area contributed by atoms with E-state index in [-0.39, 0.29) is 35.0 Å². The Morgan fingerprint density at radius 3 is 2.19 bits per heavy atom. The smallest absolute Gasteiger partial charge is 0.255 e. The summed E-state index contributed by atoms with van der Waals surface area (Å²) < 4.78 is 58.5. The molecule has 146 valence electrons. The number of halogens is 2. The van der Waals surface area contributed by atoms with Crippen molar-refractivity contribution >= 4 is 21.6 Å². The Balaban J connectivity index is 2.43. The van der Waals surface area contributed by atoms with Gasteiger partial charge in [0.2, 0.25) is 10.0 Å². The van der Waals surface area contributed by atoms with E-state index in [9.17, 15) is 22.0 Å².